The van der Waals surface area contributed by atoms with Crippen LogP contribution in [0.25, 0.3) is 22.3 Å². The molecule has 0 fully saturated rings. The van der Waals surface area contributed by atoms with Gasteiger partial charge in [-0.3, -0.25) is 4.79 Å². The fraction of sp³-hybridized carbons (Fsp3) is 0.444. The third-order valence-electron chi connectivity index (χ3n) is 7.51. The number of fused-ring (bicyclic) bond motifs is 6. The Morgan fingerprint density at radius 1 is 1.08 bits per heavy atom. The van der Waals surface area contributed by atoms with Gasteiger partial charge in [0, 0.05) is 22.6 Å². The lowest BCUT2D eigenvalue weighted by molar-refractivity contribution is -0.172. The van der Waals surface area contributed by atoms with Gasteiger partial charge in [-0.15, -0.1) is 0 Å². The van der Waals surface area contributed by atoms with Crippen molar-refractivity contribution in [2.45, 2.75) is 58.3 Å². The number of ether oxygens (including phenoxy) is 3. The standard InChI is InChI=1S/C27H29N3O6/c1-3-7-28-8-5-6-15-16-9-22-23(36-14-35-22)11-20(16)29-24-17(15)12-30-21(24)10-19-18(25(30)31)13-34-26(32)27(19,33)4-2/h9-11,28,33H,3-8,12-14H2,1-2H3/t27-/m0/s1. The lowest BCUT2D eigenvalue weighted by Crippen LogP contribution is -2.44. The first kappa shape index (κ1) is 23.0. The predicted molar refractivity (Wildman–Crippen MR) is 132 cm³/mol. The van der Waals surface area contributed by atoms with Gasteiger partial charge in [0.2, 0.25) is 6.79 Å². The molecule has 1 atom stereocenters. The van der Waals surface area contributed by atoms with Gasteiger partial charge in [-0.05, 0) is 56.5 Å². The summed E-state index contributed by atoms with van der Waals surface area (Å²) in [5, 5.41) is 15.6. The van der Waals surface area contributed by atoms with E-state index >= 15 is 0 Å². The topological polar surface area (TPSA) is 112 Å². The summed E-state index contributed by atoms with van der Waals surface area (Å²) in [6.45, 7) is 6.13. The Hall–Kier alpha value is -3.43. The highest BCUT2D eigenvalue weighted by Crippen LogP contribution is 2.43. The summed E-state index contributed by atoms with van der Waals surface area (Å²) in [4.78, 5) is 31.0. The van der Waals surface area contributed by atoms with Gasteiger partial charge in [0.15, 0.2) is 17.1 Å². The summed E-state index contributed by atoms with van der Waals surface area (Å²) in [6.07, 6.45) is 2.93. The molecule has 9 heteroatoms. The number of cyclic esters (lactones) is 1. The number of carbonyl (C=O) groups excluding carboxylic acids is 1. The average molecular weight is 492 g/mol. The van der Waals surface area contributed by atoms with E-state index in [9.17, 15) is 14.7 Å². The highest BCUT2D eigenvalue weighted by atomic mass is 16.7. The molecule has 3 aliphatic rings. The van der Waals surface area contributed by atoms with Crippen molar-refractivity contribution in [1.29, 1.82) is 0 Å². The van der Waals surface area contributed by atoms with Crippen molar-refractivity contribution in [3.8, 4) is 22.9 Å². The van der Waals surface area contributed by atoms with Crippen molar-refractivity contribution in [2.24, 2.45) is 0 Å². The number of nitrogens with zero attached hydrogens (tertiary/aromatic N) is 2. The number of benzene rings is 1. The molecule has 36 heavy (non-hydrogen) atoms. The number of carbonyl (C=O) groups is 1. The Balaban J connectivity index is 1.53. The molecule has 0 saturated heterocycles. The molecule has 0 bridgehead atoms. The number of aromatic nitrogens is 2. The zero-order valence-electron chi connectivity index (χ0n) is 20.5. The minimum Gasteiger partial charge on any atom is -0.458 e. The lowest BCUT2D eigenvalue weighted by atomic mass is 9.86. The summed E-state index contributed by atoms with van der Waals surface area (Å²) < 4.78 is 18.1. The molecule has 2 N–H and O–H groups in total. The Labute approximate surface area is 208 Å². The van der Waals surface area contributed by atoms with E-state index in [-0.39, 0.29) is 25.4 Å². The number of rotatable bonds is 7. The smallest absolute Gasteiger partial charge is 0.343 e. The molecule has 0 unspecified atom stereocenters. The zero-order valence-corrected chi connectivity index (χ0v) is 20.5. The van der Waals surface area contributed by atoms with Crippen LogP contribution in [0.5, 0.6) is 11.5 Å². The van der Waals surface area contributed by atoms with Crippen LogP contribution < -0.4 is 20.3 Å². The van der Waals surface area contributed by atoms with E-state index in [0.29, 0.717) is 40.6 Å². The van der Waals surface area contributed by atoms with Gasteiger partial charge in [-0.25, -0.2) is 9.78 Å². The Morgan fingerprint density at radius 3 is 2.67 bits per heavy atom. The maximum atomic E-state index is 13.6. The predicted octanol–water partition coefficient (Wildman–Crippen LogP) is 2.74. The Kier molecular flexibility index (Phi) is 5.49. The largest absolute Gasteiger partial charge is 0.458 e. The van der Waals surface area contributed by atoms with Crippen LogP contribution in [0.2, 0.25) is 0 Å². The van der Waals surface area contributed by atoms with Crippen molar-refractivity contribution in [1.82, 2.24) is 14.9 Å². The minimum atomic E-state index is -1.85. The molecule has 5 heterocycles. The van der Waals surface area contributed by atoms with Crippen LogP contribution in [0.3, 0.4) is 0 Å². The molecular formula is C27H29N3O6. The number of aryl methyl sites for hydroxylation is 1. The lowest BCUT2D eigenvalue weighted by Gasteiger charge is -2.31. The number of hydrogen-bond acceptors (Lipinski definition) is 8. The molecule has 6 rings (SSSR count). The number of nitrogens with one attached hydrogen (secondary N) is 1. The van der Waals surface area contributed by atoms with E-state index in [1.165, 1.54) is 0 Å². The van der Waals surface area contributed by atoms with Crippen molar-refractivity contribution in [3.63, 3.8) is 0 Å². The molecule has 188 valence electrons. The minimum absolute atomic E-state index is 0.110. The highest BCUT2D eigenvalue weighted by Gasteiger charge is 2.45. The second-order valence-corrected chi connectivity index (χ2v) is 9.60. The quantitative estimate of drug-likeness (QED) is 0.300. The molecule has 0 radical (unpaired) electrons. The monoisotopic (exact) mass is 491 g/mol. The highest BCUT2D eigenvalue weighted by molar-refractivity contribution is 5.91. The van der Waals surface area contributed by atoms with Gasteiger partial charge in [0.25, 0.3) is 5.56 Å². The number of aliphatic hydroxyl groups is 1. The van der Waals surface area contributed by atoms with E-state index in [1.807, 2.05) is 12.1 Å². The molecule has 0 aliphatic carbocycles. The first-order valence-electron chi connectivity index (χ1n) is 12.6. The van der Waals surface area contributed by atoms with Gasteiger partial charge in [0.1, 0.15) is 6.61 Å². The summed E-state index contributed by atoms with van der Waals surface area (Å²) in [5.74, 6) is 0.621. The van der Waals surface area contributed by atoms with Crippen LogP contribution in [-0.2, 0) is 34.7 Å². The molecule has 9 nitrogen and oxygen atoms in total. The van der Waals surface area contributed by atoms with E-state index in [0.717, 1.165) is 54.4 Å². The molecule has 3 aliphatic heterocycles. The Morgan fingerprint density at radius 2 is 1.89 bits per heavy atom. The fourth-order valence-corrected chi connectivity index (χ4v) is 5.53. The Bertz CT molecular complexity index is 1460. The normalized spacial score (nSPS) is 19.2. The molecule has 0 saturated carbocycles. The summed E-state index contributed by atoms with van der Waals surface area (Å²) >= 11 is 0. The van der Waals surface area contributed by atoms with Gasteiger partial charge >= 0.3 is 5.97 Å². The summed E-state index contributed by atoms with van der Waals surface area (Å²) in [6, 6.07) is 5.62. The number of pyridine rings is 2. The molecule has 0 spiro atoms. The number of esters is 1. The summed E-state index contributed by atoms with van der Waals surface area (Å²) in [5.41, 5.74) is 2.74. The van der Waals surface area contributed by atoms with E-state index in [4.69, 9.17) is 19.2 Å². The van der Waals surface area contributed by atoms with Gasteiger partial charge in [-0.1, -0.05) is 13.8 Å². The average Bonchev–Trinajstić information content (AvgIpc) is 3.49. The van der Waals surface area contributed by atoms with Crippen LogP contribution in [-0.4, -0.2) is 40.5 Å². The van der Waals surface area contributed by atoms with Crippen molar-refractivity contribution in [2.75, 3.05) is 19.9 Å². The van der Waals surface area contributed by atoms with Crippen LogP contribution in [0.1, 0.15) is 55.4 Å². The second-order valence-electron chi connectivity index (χ2n) is 9.60. The zero-order chi connectivity index (χ0) is 25.0. The third kappa shape index (κ3) is 3.33. The molecule has 0 amide bonds. The van der Waals surface area contributed by atoms with Gasteiger partial charge < -0.3 is 29.2 Å². The van der Waals surface area contributed by atoms with Crippen LogP contribution in [0, 0.1) is 0 Å². The second kappa shape index (κ2) is 8.60. The van der Waals surface area contributed by atoms with Crippen LogP contribution >= 0.6 is 0 Å². The van der Waals surface area contributed by atoms with Gasteiger partial charge in [-0.2, -0.15) is 0 Å². The van der Waals surface area contributed by atoms with Crippen molar-refractivity contribution >= 4 is 16.9 Å². The molecule has 2 aromatic heterocycles. The van der Waals surface area contributed by atoms with E-state index in [1.54, 1.807) is 17.6 Å². The van der Waals surface area contributed by atoms with Crippen LogP contribution in [0.15, 0.2) is 23.0 Å². The SMILES string of the molecule is CCCNCCCc1c2c(nc3cc4c(cc13)OCO4)-c1cc3c(c(=O)n1C2)COC(=O)[C@]3(O)CC. The van der Waals surface area contributed by atoms with Crippen LogP contribution in [0.4, 0.5) is 0 Å². The third-order valence-corrected chi connectivity index (χ3v) is 7.51. The summed E-state index contributed by atoms with van der Waals surface area (Å²) in [7, 11) is 0. The number of hydrogen-bond donors (Lipinski definition) is 2. The maximum Gasteiger partial charge on any atom is 0.343 e. The fourth-order valence-electron chi connectivity index (χ4n) is 5.53. The molecule has 3 aromatic rings. The van der Waals surface area contributed by atoms with Gasteiger partial charge in [0.05, 0.1) is 29.0 Å². The van der Waals surface area contributed by atoms with Crippen molar-refractivity contribution < 1.29 is 24.1 Å². The van der Waals surface area contributed by atoms with E-state index in [2.05, 4.69) is 12.2 Å². The maximum absolute atomic E-state index is 13.6. The molecule has 1 aromatic carbocycles. The first-order valence-corrected chi connectivity index (χ1v) is 12.6. The first-order chi connectivity index (χ1) is 17.5. The van der Waals surface area contributed by atoms with E-state index < -0.39 is 11.6 Å². The molecular weight excluding hydrogens is 462 g/mol. The van der Waals surface area contributed by atoms with Crippen molar-refractivity contribution in [3.05, 3.63) is 50.8 Å².